The Balaban J connectivity index is 3.74. The van der Waals surface area contributed by atoms with Crippen molar-refractivity contribution >= 4 is 5.91 Å². The number of hydrogen-bond donors (Lipinski definition) is 4. The van der Waals surface area contributed by atoms with Gasteiger partial charge in [0.05, 0.1) is 31.3 Å². The van der Waals surface area contributed by atoms with Crippen molar-refractivity contribution in [2.24, 2.45) is 0 Å². The first-order valence-electron chi connectivity index (χ1n) is 19.1. The van der Waals surface area contributed by atoms with Crippen LogP contribution in [-0.2, 0) is 4.79 Å². The van der Waals surface area contributed by atoms with E-state index >= 15 is 0 Å². The number of unbranched alkanes of at least 4 members (excludes halogenated alkanes) is 23. The molecule has 1 amide bonds. The molecule has 0 aromatic heterocycles. The molecule has 0 radical (unpaired) electrons. The van der Waals surface area contributed by atoms with Crippen molar-refractivity contribution in [1.29, 1.82) is 0 Å². The first-order chi connectivity index (χ1) is 21.5. The molecule has 0 bridgehead atoms. The molecule has 0 aromatic rings. The Morgan fingerprint density at radius 3 is 1.39 bits per heavy atom. The molecule has 0 aliphatic heterocycles. The lowest BCUT2D eigenvalue weighted by Gasteiger charge is -2.21. The fraction of sp³-hybridized carbons (Fsp3) is 0.872. The Morgan fingerprint density at radius 2 is 0.955 bits per heavy atom. The number of allylic oxidation sites excluding steroid dienone is 3. The summed E-state index contributed by atoms with van der Waals surface area (Å²) in [6.45, 7) is 4.19. The zero-order chi connectivity index (χ0) is 32.4. The van der Waals surface area contributed by atoms with Crippen LogP contribution in [0.2, 0.25) is 0 Å². The zero-order valence-corrected chi connectivity index (χ0v) is 29.3. The third-order valence-corrected chi connectivity index (χ3v) is 8.73. The number of aliphatic hydroxyl groups is 3. The fourth-order valence-electron chi connectivity index (χ4n) is 5.74. The second kappa shape index (κ2) is 34.7. The Hall–Kier alpha value is -1.17. The smallest absolute Gasteiger partial charge is 0.222 e. The lowest BCUT2D eigenvalue weighted by atomic mass is 10.0. The van der Waals surface area contributed by atoms with Crippen LogP contribution < -0.4 is 5.32 Å². The summed E-state index contributed by atoms with van der Waals surface area (Å²) in [5.41, 5.74) is 0. The molecular weight excluding hydrogens is 546 g/mol. The van der Waals surface area contributed by atoms with Crippen LogP contribution in [0.1, 0.15) is 194 Å². The van der Waals surface area contributed by atoms with Crippen LogP contribution in [0.15, 0.2) is 24.3 Å². The number of rotatable bonds is 34. The van der Waals surface area contributed by atoms with Crippen molar-refractivity contribution in [1.82, 2.24) is 5.32 Å². The molecule has 4 N–H and O–H groups in total. The zero-order valence-electron chi connectivity index (χ0n) is 29.3. The lowest BCUT2D eigenvalue weighted by molar-refractivity contribution is -0.124. The van der Waals surface area contributed by atoms with Gasteiger partial charge in [-0.15, -0.1) is 0 Å². The number of hydrogen-bond acceptors (Lipinski definition) is 4. The molecule has 0 aliphatic carbocycles. The molecule has 0 aliphatic rings. The Labute approximate surface area is 273 Å². The molecular formula is C39H75NO4. The molecule has 0 heterocycles. The highest BCUT2D eigenvalue weighted by atomic mass is 16.3. The summed E-state index contributed by atoms with van der Waals surface area (Å²) >= 11 is 0. The number of nitrogens with one attached hydrogen (secondary N) is 1. The minimum atomic E-state index is -0.929. The number of aliphatic hydroxyl groups excluding tert-OH is 3. The fourth-order valence-corrected chi connectivity index (χ4v) is 5.74. The van der Waals surface area contributed by atoms with Gasteiger partial charge >= 0.3 is 0 Å². The Kier molecular flexibility index (Phi) is 33.8. The van der Waals surface area contributed by atoms with Crippen molar-refractivity contribution in [2.75, 3.05) is 6.61 Å². The Morgan fingerprint density at radius 1 is 0.568 bits per heavy atom. The molecule has 3 atom stereocenters. The third-order valence-electron chi connectivity index (χ3n) is 8.73. The third kappa shape index (κ3) is 30.8. The summed E-state index contributed by atoms with van der Waals surface area (Å²) < 4.78 is 0. The average molecular weight is 622 g/mol. The maximum absolute atomic E-state index is 12.4. The summed E-state index contributed by atoms with van der Waals surface area (Å²) in [5, 5.41) is 33.0. The highest BCUT2D eigenvalue weighted by molar-refractivity contribution is 5.76. The van der Waals surface area contributed by atoms with Gasteiger partial charge < -0.3 is 20.6 Å². The molecule has 260 valence electrons. The van der Waals surface area contributed by atoms with Gasteiger partial charge in [0.2, 0.25) is 5.91 Å². The van der Waals surface area contributed by atoms with Crippen molar-refractivity contribution in [3.05, 3.63) is 24.3 Å². The van der Waals surface area contributed by atoms with E-state index in [0.717, 1.165) is 38.5 Å². The van der Waals surface area contributed by atoms with Gasteiger partial charge in [-0.25, -0.2) is 0 Å². The van der Waals surface area contributed by atoms with Gasteiger partial charge in [-0.3, -0.25) is 4.79 Å². The van der Waals surface area contributed by atoms with Crippen LogP contribution in [0.3, 0.4) is 0 Å². The van der Waals surface area contributed by atoms with E-state index in [1.165, 1.54) is 128 Å². The van der Waals surface area contributed by atoms with Gasteiger partial charge in [0.15, 0.2) is 0 Å². The second-order valence-electron chi connectivity index (χ2n) is 13.2. The predicted octanol–water partition coefficient (Wildman–Crippen LogP) is 10.3. The van der Waals surface area contributed by atoms with Crippen molar-refractivity contribution in [3.63, 3.8) is 0 Å². The lowest BCUT2D eigenvalue weighted by Crippen LogP contribution is -2.45. The van der Waals surface area contributed by atoms with Crippen LogP contribution in [-0.4, -0.2) is 46.1 Å². The first-order valence-corrected chi connectivity index (χ1v) is 19.1. The molecule has 0 rings (SSSR count). The second-order valence-corrected chi connectivity index (χ2v) is 13.2. The average Bonchev–Trinajstić information content (AvgIpc) is 3.01. The van der Waals surface area contributed by atoms with Crippen LogP contribution in [0.4, 0.5) is 0 Å². The number of carbonyl (C=O) groups is 1. The summed E-state index contributed by atoms with van der Waals surface area (Å²) in [6.07, 6.45) is 40.1. The van der Waals surface area contributed by atoms with E-state index in [2.05, 4.69) is 31.3 Å². The summed E-state index contributed by atoms with van der Waals surface area (Å²) in [5.74, 6) is -0.325. The minimum Gasteiger partial charge on any atom is -0.394 e. The summed E-state index contributed by atoms with van der Waals surface area (Å²) in [6, 6.07) is -0.745. The molecule has 44 heavy (non-hydrogen) atoms. The number of amides is 1. The predicted molar refractivity (Wildman–Crippen MR) is 190 cm³/mol. The highest BCUT2D eigenvalue weighted by Crippen LogP contribution is 2.14. The molecule has 0 aromatic carbocycles. The standard InChI is InChI=1S/C39H75NO4/c1-3-5-7-9-11-13-15-17-18-19-21-22-24-26-28-30-32-36(42)34-39(44)40-37(35-41)38(43)33-31-29-27-25-23-20-16-14-12-10-8-6-4-2/h21-22,31,33,36-38,41-43H,3-20,23-30,32,34-35H2,1-2H3,(H,40,44)/b22-21-,33-31+. The van der Waals surface area contributed by atoms with E-state index in [9.17, 15) is 20.1 Å². The van der Waals surface area contributed by atoms with Gasteiger partial charge in [-0.05, 0) is 44.9 Å². The molecule has 5 heteroatoms. The summed E-state index contributed by atoms with van der Waals surface area (Å²) in [4.78, 5) is 12.4. The van der Waals surface area contributed by atoms with E-state index in [4.69, 9.17) is 0 Å². The topological polar surface area (TPSA) is 89.8 Å². The van der Waals surface area contributed by atoms with Crippen molar-refractivity contribution < 1.29 is 20.1 Å². The van der Waals surface area contributed by atoms with Crippen LogP contribution >= 0.6 is 0 Å². The number of carbonyl (C=O) groups excluding carboxylic acids is 1. The van der Waals surface area contributed by atoms with E-state index < -0.39 is 18.2 Å². The van der Waals surface area contributed by atoms with Crippen LogP contribution in [0, 0.1) is 0 Å². The Bertz CT molecular complexity index is 650. The largest absolute Gasteiger partial charge is 0.394 e. The minimum absolute atomic E-state index is 0.00428. The van der Waals surface area contributed by atoms with Gasteiger partial charge in [-0.2, -0.15) is 0 Å². The maximum Gasteiger partial charge on any atom is 0.222 e. The molecule has 0 spiro atoms. The molecule has 0 fully saturated rings. The molecule has 3 unspecified atom stereocenters. The maximum atomic E-state index is 12.4. The molecule has 0 saturated heterocycles. The van der Waals surface area contributed by atoms with E-state index in [1.807, 2.05) is 6.08 Å². The SMILES string of the molecule is CCCCCCCCCCC/C=C\CCCCCC(O)CC(=O)NC(CO)C(O)/C=C/CCCCCCCCCCCCC. The van der Waals surface area contributed by atoms with Gasteiger partial charge in [0.25, 0.3) is 0 Å². The first kappa shape index (κ1) is 42.8. The normalized spacial score (nSPS) is 14.0. The van der Waals surface area contributed by atoms with Gasteiger partial charge in [-0.1, -0.05) is 167 Å². The van der Waals surface area contributed by atoms with E-state index in [1.54, 1.807) is 6.08 Å². The van der Waals surface area contributed by atoms with E-state index in [0.29, 0.717) is 6.42 Å². The van der Waals surface area contributed by atoms with Crippen molar-refractivity contribution in [3.8, 4) is 0 Å². The van der Waals surface area contributed by atoms with E-state index in [-0.39, 0.29) is 18.9 Å². The monoisotopic (exact) mass is 622 g/mol. The molecule has 0 saturated carbocycles. The molecule has 5 nitrogen and oxygen atoms in total. The van der Waals surface area contributed by atoms with Crippen molar-refractivity contribution in [2.45, 2.75) is 212 Å². The highest BCUT2D eigenvalue weighted by Gasteiger charge is 2.20. The van der Waals surface area contributed by atoms with Crippen LogP contribution in [0.25, 0.3) is 0 Å². The van der Waals surface area contributed by atoms with Gasteiger partial charge in [0.1, 0.15) is 0 Å². The quantitative estimate of drug-likeness (QED) is 0.0425. The van der Waals surface area contributed by atoms with Gasteiger partial charge in [0, 0.05) is 0 Å². The summed E-state index contributed by atoms with van der Waals surface area (Å²) in [7, 11) is 0. The van der Waals surface area contributed by atoms with Crippen LogP contribution in [0.5, 0.6) is 0 Å².